The van der Waals surface area contributed by atoms with Gasteiger partial charge in [-0.2, -0.15) is 0 Å². The highest BCUT2D eigenvalue weighted by Gasteiger charge is 2.12. The van der Waals surface area contributed by atoms with E-state index in [-0.39, 0.29) is 18.7 Å². The van der Waals surface area contributed by atoms with E-state index in [0.717, 1.165) is 0 Å². The number of esters is 1. The van der Waals surface area contributed by atoms with E-state index in [1.54, 1.807) is 0 Å². The number of hydrogen-bond acceptors (Lipinski definition) is 5. The molecule has 0 aliphatic heterocycles. The van der Waals surface area contributed by atoms with Crippen molar-refractivity contribution in [2.45, 2.75) is 19.3 Å². The molecule has 0 atom stereocenters. The van der Waals surface area contributed by atoms with E-state index in [0.29, 0.717) is 17.8 Å². The van der Waals surface area contributed by atoms with Crippen molar-refractivity contribution >= 4 is 33.2 Å². The van der Waals surface area contributed by atoms with E-state index in [9.17, 15) is 13.2 Å². The summed E-state index contributed by atoms with van der Waals surface area (Å²) in [7, 11) is -2.21. The fourth-order valence-corrected chi connectivity index (χ4v) is 2.06. The second-order valence-corrected chi connectivity index (χ2v) is 5.56. The fraction of sp³-hybridized carbons (Fsp3) is 0.750. The smallest absolute Gasteiger partial charge is 0.306 e. The van der Waals surface area contributed by atoms with Crippen molar-refractivity contribution in [1.82, 2.24) is 4.72 Å². The predicted octanol–water partition coefficient (Wildman–Crippen LogP) is -0.465. The molecule has 3 N–H and O–H groups in total. The molecule has 0 fully saturated rings. The van der Waals surface area contributed by atoms with Gasteiger partial charge >= 0.3 is 5.97 Å². The predicted molar refractivity (Wildman–Crippen MR) is 64.4 cm³/mol. The summed E-state index contributed by atoms with van der Waals surface area (Å²) in [5.41, 5.74) is 5.25. The molecule has 0 heterocycles. The minimum atomic E-state index is -3.42. The Balaban J connectivity index is 3.79. The topological polar surface area (TPSA) is 98.5 Å². The van der Waals surface area contributed by atoms with E-state index in [4.69, 9.17) is 5.73 Å². The molecule has 94 valence electrons. The molecule has 0 aliphatic carbocycles. The molecule has 0 saturated carbocycles. The maximum atomic E-state index is 11.3. The van der Waals surface area contributed by atoms with Gasteiger partial charge in [0.2, 0.25) is 10.0 Å². The lowest BCUT2D eigenvalue weighted by molar-refractivity contribution is -0.140. The van der Waals surface area contributed by atoms with Gasteiger partial charge in [-0.25, -0.2) is 13.1 Å². The third-order valence-corrected chi connectivity index (χ3v) is 3.31. The van der Waals surface area contributed by atoms with Crippen LogP contribution in [0.15, 0.2) is 0 Å². The summed E-state index contributed by atoms with van der Waals surface area (Å²) >= 11 is 4.64. The highest BCUT2D eigenvalue weighted by Crippen LogP contribution is 1.94. The standard InChI is InChI=1S/C8H16N2O4S2/c1-14-8(11)4-6-16(12,13)10-5-2-3-7(9)15/h10H,2-6H2,1H3,(H2,9,15). The molecular formula is C8H16N2O4S2. The molecule has 8 heteroatoms. The van der Waals surface area contributed by atoms with Crippen LogP contribution in [-0.4, -0.2) is 38.8 Å². The van der Waals surface area contributed by atoms with Gasteiger partial charge in [0.05, 0.1) is 24.3 Å². The SMILES string of the molecule is COC(=O)CCS(=O)(=O)NCCCC(N)=S. The van der Waals surface area contributed by atoms with Gasteiger partial charge < -0.3 is 10.5 Å². The normalized spacial score (nSPS) is 11.1. The number of rotatable bonds is 8. The Morgan fingerprint density at radius 3 is 2.56 bits per heavy atom. The minimum Gasteiger partial charge on any atom is -0.469 e. The summed E-state index contributed by atoms with van der Waals surface area (Å²) in [4.78, 5) is 11.1. The first-order valence-electron chi connectivity index (χ1n) is 4.70. The van der Waals surface area contributed by atoms with Gasteiger partial charge in [0.25, 0.3) is 0 Å². The fourth-order valence-electron chi connectivity index (χ4n) is 0.882. The average Bonchev–Trinajstić information content (AvgIpc) is 2.21. The van der Waals surface area contributed by atoms with Crippen molar-refractivity contribution in [2.75, 3.05) is 19.4 Å². The number of nitrogens with one attached hydrogen (secondary N) is 1. The third kappa shape index (κ3) is 8.57. The van der Waals surface area contributed by atoms with Gasteiger partial charge in [0.15, 0.2) is 0 Å². The van der Waals surface area contributed by atoms with Crippen molar-refractivity contribution in [3.8, 4) is 0 Å². The van der Waals surface area contributed by atoms with Gasteiger partial charge in [-0.15, -0.1) is 0 Å². The number of thiocarbonyl (C=S) groups is 1. The van der Waals surface area contributed by atoms with E-state index < -0.39 is 16.0 Å². The highest BCUT2D eigenvalue weighted by atomic mass is 32.2. The number of hydrogen-bond donors (Lipinski definition) is 2. The number of ether oxygens (including phenoxy) is 1. The van der Waals surface area contributed by atoms with E-state index in [1.807, 2.05) is 0 Å². The Kier molecular flexibility index (Phi) is 7.18. The molecule has 0 aromatic rings. The number of carbonyl (C=O) groups is 1. The van der Waals surface area contributed by atoms with Crippen LogP contribution in [0.3, 0.4) is 0 Å². The first-order chi connectivity index (χ1) is 7.37. The monoisotopic (exact) mass is 268 g/mol. The van der Waals surface area contributed by atoms with Gasteiger partial charge in [-0.1, -0.05) is 12.2 Å². The minimum absolute atomic E-state index is 0.152. The van der Waals surface area contributed by atoms with Gasteiger partial charge in [-0.3, -0.25) is 4.79 Å². The first-order valence-corrected chi connectivity index (χ1v) is 6.76. The van der Waals surface area contributed by atoms with Crippen LogP contribution in [0.25, 0.3) is 0 Å². The molecule has 0 aromatic heterocycles. The van der Waals surface area contributed by atoms with Crippen molar-refractivity contribution in [2.24, 2.45) is 5.73 Å². The molecular weight excluding hydrogens is 252 g/mol. The Bertz CT molecular complexity index is 340. The van der Waals surface area contributed by atoms with Crippen LogP contribution in [0, 0.1) is 0 Å². The largest absolute Gasteiger partial charge is 0.469 e. The molecule has 0 bridgehead atoms. The summed E-state index contributed by atoms with van der Waals surface area (Å²) in [5.74, 6) is -0.819. The van der Waals surface area contributed by atoms with Crippen molar-refractivity contribution < 1.29 is 17.9 Å². The van der Waals surface area contributed by atoms with E-state index in [1.165, 1.54) is 7.11 Å². The summed E-state index contributed by atoms with van der Waals surface area (Å²) in [6.07, 6.45) is 0.892. The van der Waals surface area contributed by atoms with Crippen LogP contribution in [-0.2, 0) is 19.6 Å². The zero-order valence-electron chi connectivity index (χ0n) is 9.06. The Morgan fingerprint density at radius 1 is 1.44 bits per heavy atom. The highest BCUT2D eigenvalue weighted by molar-refractivity contribution is 7.89. The summed E-state index contributed by atoms with van der Waals surface area (Å²) < 4.78 is 29.3. The van der Waals surface area contributed by atoms with Crippen LogP contribution in [0.1, 0.15) is 19.3 Å². The summed E-state index contributed by atoms with van der Waals surface area (Å²) in [6.45, 7) is 0.265. The summed E-state index contributed by atoms with van der Waals surface area (Å²) in [5, 5.41) is 0. The van der Waals surface area contributed by atoms with Crippen molar-refractivity contribution in [3.63, 3.8) is 0 Å². The lowest BCUT2D eigenvalue weighted by Crippen LogP contribution is -2.29. The van der Waals surface area contributed by atoms with Gasteiger partial charge in [0.1, 0.15) is 0 Å². The molecule has 0 aromatic carbocycles. The second kappa shape index (κ2) is 7.53. The lowest BCUT2D eigenvalue weighted by atomic mass is 10.3. The quantitative estimate of drug-likeness (QED) is 0.351. The number of nitrogens with two attached hydrogens (primary N) is 1. The molecule has 0 unspecified atom stereocenters. The lowest BCUT2D eigenvalue weighted by Gasteiger charge is -2.05. The molecule has 0 radical (unpaired) electrons. The van der Waals surface area contributed by atoms with Crippen molar-refractivity contribution in [1.29, 1.82) is 0 Å². The molecule has 0 amide bonds. The van der Waals surface area contributed by atoms with E-state index in [2.05, 4.69) is 21.7 Å². The number of sulfonamides is 1. The van der Waals surface area contributed by atoms with Gasteiger partial charge in [-0.05, 0) is 12.8 Å². The molecule has 16 heavy (non-hydrogen) atoms. The third-order valence-electron chi connectivity index (χ3n) is 1.72. The molecule has 0 spiro atoms. The van der Waals surface area contributed by atoms with Crippen LogP contribution in [0.4, 0.5) is 0 Å². The maximum absolute atomic E-state index is 11.3. The molecule has 0 aliphatic rings. The van der Waals surface area contributed by atoms with Crippen molar-refractivity contribution in [3.05, 3.63) is 0 Å². The zero-order valence-corrected chi connectivity index (χ0v) is 10.7. The molecule has 0 rings (SSSR count). The maximum Gasteiger partial charge on any atom is 0.306 e. The van der Waals surface area contributed by atoms with Crippen LogP contribution >= 0.6 is 12.2 Å². The molecule has 0 saturated heterocycles. The van der Waals surface area contributed by atoms with Crippen LogP contribution in [0.2, 0.25) is 0 Å². The zero-order chi connectivity index (χ0) is 12.6. The number of carbonyl (C=O) groups excluding carboxylic acids is 1. The first kappa shape index (κ1) is 15.3. The Hall–Kier alpha value is -0.730. The second-order valence-electron chi connectivity index (χ2n) is 3.11. The number of methoxy groups -OCH3 is 1. The van der Waals surface area contributed by atoms with Crippen LogP contribution in [0.5, 0.6) is 0 Å². The van der Waals surface area contributed by atoms with E-state index >= 15 is 0 Å². The Morgan fingerprint density at radius 2 is 2.06 bits per heavy atom. The molecule has 6 nitrogen and oxygen atoms in total. The average molecular weight is 268 g/mol. The summed E-state index contributed by atoms with van der Waals surface area (Å²) in [6, 6.07) is 0. The van der Waals surface area contributed by atoms with Gasteiger partial charge in [0, 0.05) is 6.54 Å². The van der Waals surface area contributed by atoms with Crippen LogP contribution < -0.4 is 10.5 Å². The Labute approximate surface area is 101 Å².